The van der Waals surface area contributed by atoms with Crippen molar-refractivity contribution in [1.29, 1.82) is 0 Å². The van der Waals surface area contributed by atoms with E-state index in [9.17, 15) is 0 Å². The number of benzene rings is 1. The van der Waals surface area contributed by atoms with E-state index >= 15 is 0 Å². The van der Waals surface area contributed by atoms with Gasteiger partial charge in [-0.2, -0.15) is 0 Å². The van der Waals surface area contributed by atoms with Crippen LogP contribution >= 0.6 is 0 Å². The Bertz CT molecular complexity index is 311. The molecule has 2 unspecified atom stereocenters. The molecule has 0 heterocycles. The molecule has 0 radical (unpaired) electrons. The molecule has 0 fully saturated rings. The molecule has 2 atom stereocenters. The van der Waals surface area contributed by atoms with Gasteiger partial charge >= 0.3 is 0 Å². The van der Waals surface area contributed by atoms with Crippen LogP contribution in [0.25, 0.3) is 0 Å². The summed E-state index contributed by atoms with van der Waals surface area (Å²) in [4.78, 5) is 0. The van der Waals surface area contributed by atoms with E-state index in [2.05, 4.69) is 45.0 Å². The zero-order chi connectivity index (χ0) is 12.0. The normalized spacial score (nSPS) is 14.9. The molecule has 0 amide bonds. The van der Waals surface area contributed by atoms with Crippen LogP contribution in [0.2, 0.25) is 0 Å². The van der Waals surface area contributed by atoms with Gasteiger partial charge in [0, 0.05) is 0 Å². The molecule has 1 nitrogen and oxygen atoms in total. The van der Waals surface area contributed by atoms with Crippen molar-refractivity contribution in [1.82, 2.24) is 0 Å². The fraction of sp³-hybridized carbons (Fsp3) is 0.571. The van der Waals surface area contributed by atoms with Crippen LogP contribution in [-0.4, -0.2) is 10.5 Å². The topological polar surface area (TPSA) is 9.23 Å². The molecule has 1 aromatic carbocycles. The summed E-state index contributed by atoms with van der Waals surface area (Å²) in [6, 6.07) is 8.72. The Kier molecular flexibility index (Phi) is 5.78. The minimum Gasteiger partial charge on any atom is -0.421 e. The molecule has 16 heavy (non-hydrogen) atoms. The fourth-order valence-electron chi connectivity index (χ4n) is 2.12. The molecule has 1 aromatic rings. The molecule has 1 rings (SSSR count). The van der Waals surface area contributed by atoms with Crippen LogP contribution in [0.15, 0.2) is 24.3 Å². The number of unbranched alkanes of at least 4 members (excludes halogenated alkanes) is 1. The van der Waals surface area contributed by atoms with Crippen LogP contribution in [0.5, 0.6) is 0 Å². The van der Waals surface area contributed by atoms with Crippen LogP contribution in [0.1, 0.15) is 63.2 Å². The second-order valence-corrected chi connectivity index (χ2v) is 5.02. The minimum absolute atomic E-state index is 0.256. The van der Waals surface area contributed by atoms with Crippen LogP contribution in [0.3, 0.4) is 0 Å². The maximum Gasteiger partial charge on any atom is 0.146 e. The largest absolute Gasteiger partial charge is 0.421 e. The first-order valence-electron chi connectivity index (χ1n) is 6.32. The van der Waals surface area contributed by atoms with Crippen molar-refractivity contribution in [2.24, 2.45) is 0 Å². The molecule has 0 aliphatic heterocycles. The molecule has 0 aliphatic carbocycles. The molecule has 0 N–H and O–H groups in total. The third-order valence-electron chi connectivity index (χ3n) is 3.31. The van der Waals surface area contributed by atoms with Gasteiger partial charge in [0.15, 0.2) is 0 Å². The number of rotatable bonds is 6. The van der Waals surface area contributed by atoms with E-state index in [-0.39, 0.29) is 6.10 Å². The predicted octanol–water partition coefficient (Wildman–Crippen LogP) is 3.34. The fourth-order valence-corrected chi connectivity index (χ4v) is 2.38. The molecule has 0 spiro atoms. The SMILES string of the molecule is CCCCC(C)c1ccccc1C(C)O[SiH3]. The summed E-state index contributed by atoms with van der Waals surface area (Å²) >= 11 is 0. The van der Waals surface area contributed by atoms with Gasteiger partial charge in [0.25, 0.3) is 0 Å². The van der Waals surface area contributed by atoms with Crippen LogP contribution in [-0.2, 0) is 4.43 Å². The average molecular weight is 236 g/mol. The van der Waals surface area contributed by atoms with Crippen LogP contribution in [0, 0.1) is 0 Å². The van der Waals surface area contributed by atoms with Gasteiger partial charge in [0.1, 0.15) is 10.5 Å². The van der Waals surface area contributed by atoms with Gasteiger partial charge in [-0.25, -0.2) is 0 Å². The van der Waals surface area contributed by atoms with Crippen molar-refractivity contribution in [3.05, 3.63) is 35.4 Å². The Hall–Kier alpha value is -0.603. The Balaban J connectivity index is 2.85. The van der Waals surface area contributed by atoms with Gasteiger partial charge in [0.05, 0.1) is 6.10 Å². The van der Waals surface area contributed by atoms with Crippen molar-refractivity contribution in [2.45, 2.75) is 52.1 Å². The lowest BCUT2D eigenvalue weighted by Crippen LogP contribution is -2.04. The van der Waals surface area contributed by atoms with Gasteiger partial charge in [-0.3, -0.25) is 0 Å². The summed E-state index contributed by atoms with van der Waals surface area (Å²) in [6.45, 7) is 6.73. The second kappa shape index (κ2) is 6.87. The standard InChI is InChI=1S/C14H24OSi/c1-4-5-8-11(2)13-9-6-7-10-14(13)12(3)15-16/h6-7,9-12H,4-5,8H2,1-3,16H3. The van der Waals surface area contributed by atoms with Crippen molar-refractivity contribution in [3.63, 3.8) is 0 Å². The Labute approximate surface area is 103 Å². The van der Waals surface area contributed by atoms with Crippen molar-refractivity contribution >= 4 is 10.5 Å². The first kappa shape index (κ1) is 13.5. The van der Waals surface area contributed by atoms with E-state index in [0.29, 0.717) is 5.92 Å². The molecule has 0 bridgehead atoms. The average Bonchev–Trinajstić information content (AvgIpc) is 2.35. The lowest BCUT2D eigenvalue weighted by atomic mass is 9.90. The molecular weight excluding hydrogens is 212 g/mol. The summed E-state index contributed by atoms with van der Waals surface area (Å²) in [5, 5.41) is 0. The summed E-state index contributed by atoms with van der Waals surface area (Å²) < 4.78 is 5.57. The zero-order valence-electron chi connectivity index (χ0n) is 11.0. The zero-order valence-corrected chi connectivity index (χ0v) is 13.0. The van der Waals surface area contributed by atoms with Crippen molar-refractivity contribution < 1.29 is 4.43 Å². The smallest absolute Gasteiger partial charge is 0.146 e. The highest BCUT2D eigenvalue weighted by molar-refractivity contribution is 5.98. The Morgan fingerprint density at radius 3 is 2.38 bits per heavy atom. The van der Waals surface area contributed by atoms with E-state index in [1.165, 1.54) is 30.4 Å². The second-order valence-electron chi connectivity index (χ2n) is 4.55. The Morgan fingerprint density at radius 1 is 1.19 bits per heavy atom. The van der Waals surface area contributed by atoms with E-state index in [1.54, 1.807) is 0 Å². The molecule has 90 valence electrons. The monoisotopic (exact) mass is 236 g/mol. The van der Waals surface area contributed by atoms with Gasteiger partial charge in [0.2, 0.25) is 0 Å². The maximum atomic E-state index is 5.57. The van der Waals surface area contributed by atoms with E-state index < -0.39 is 0 Å². The minimum atomic E-state index is 0.256. The van der Waals surface area contributed by atoms with Gasteiger partial charge in [-0.15, -0.1) is 0 Å². The lowest BCUT2D eigenvalue weighted by Gasteiger charge is -2.20. The molecular formula is C14H24OSi. The third-order valence-corrected chi connectivity index (χ3v) is 4.02. The van der Waals surface area contributed by atoms with Gasteiger partial charge in [-0.1, -0.05) is 51.0 Å². The van der Waals surface area contributed by atoms with E-state index in [0.717, 1.165) is 10.5 Å². The number of hydrogen-bond donors (Lipinski definition) is 0. The predicted molar refractivity (Wildman–Crippen MR) is 73.8 cm³/mol. The van der Waals surface area contributed by atoms with Crippen molar-refractivity contribution in [2.75, 3.05) is 0 Å². The highest BCUT2D eigenvalue weighted by Gasteiger charge is 2.13. The molecule has 0 saturated heterocycles. The first-order valence-corrected chi connectivity index (χ1v) is 7.14. The summed E-state index contributed by atoms with van der Waals surface area (Å²) in [5.41, 5.74) is 2.85. The Morgan fingerprint density at radius 2 is 1.81 bits per heavy atom. The van der Waals surface area contributed by atoms with E-state index in [1.807, 2.05) is 0 Å². The molecule has 0 aromatic heterocycles. The highest BCUT2D eigenvalue weighted by Crippen LogP contribution is 2.29. The molecule has 0 saturated carbocycles. The quantitative estimate of drug-likeness (QED) is 0.688. The van der Waals surface area contributed by atoms with Crippen LogP contribution in [0.4, 0.5) is 0 Å². The highest BCUT2D eigenvalue weighted by atomic mass is 28.2. The van der Waals surface area contributed by atoms with Crippen LogP contribution < -0.4 is 0 Å². The summed E-state index contributed by atoms with van der Waals surface area (Å²) in [5.74, 6) is 0.649. The molecule has 2 heteroatoms. The van der Waals surface area contributed by atoms with Gasteiger partial charge < -0.3 is 4.43 Å². The maximum absolute atomic E-state index is 5.57. The summed E-state index contributed by atoms with van der Waals surface area (Å²) in [6.07, 6.45) is 4.12. The summed E-state index contributed by atoms with van der Waals surface area (Å²) in [7, 11) is 0.804. The first-order chi connectivity index (χ1) is 7.70. The van der Waals surface area contributed by atoms with Gasteiger partial charge in [-0.05, 0) is 30.4 Å². The number of hydrogen-bond acceptors (Lipinski definition) is 1. The van der Waals surface area contributed by atoms with E-state index in [4.69, 9.17) is 4.43 Å². The lowest BCUT2D eigenvalue weighted by molar-refractivity contribution is 0.248. The third kappa shape index (κ3) is 3.46. The molecule has 0 aliphatic rings. The van der Waals surface area contributed by atoms with Crippen molar-refractivity contribution in [3.8, 4) is 0 Å².